The number of hydrogen-bond donors (Lipinski definition) is 2. The Bertz CT molecular complexity index is 1180. The molecule has 1 aliphatic rings. The zero-order chi connectivity index (χ0) is 22.8. The quantitative estimate of drug-likeness (QED) is 0.518. The molecule has 0 aliphatic heterocycles. The SMILES string of the molecule is CCC(=O)c1cnc(NC(=O)[C@H]2C[C@H]2F)cc1Nc1cccc(-c2ncn(C)n2)c1OC. The zero-order valence-corrected chi connectivity index (χ0v) is 17.9. The number of carbonyl (C=O) groups is 2. The van der Waals surface area contributed by atoms with Crippen LogP contribution in [0, 0.1) is 5.92 Å². The number of halogens is 1. The van der Waals surface area contributed by atoms with E-state index in [1.807, 2.05) is 12.1 Å². The number of carbonyl (C=O) groups excluding carboxylic acids is 2. The number of anilines is 3. The van der Waals surface area contributed by atoms with Gasteiger partial charge in [0.1, 0.15) is 18.3 Å². The Morgan fingerprint density at radius 1 is 1.28 bits per heavy atom. The molecular formula is C22H23FN6O3. The Morgan fingerprint density at radius 2 is 2.06 bits per heavy atom. The van der Waals surface area contributed by atoms with Gasteiger partial charge in [0, 0.05) is 25.7 Å². The number of ketones is 1. The van der Waals surface area contributed by atoms with Crippen LogP contribution in [0.3, 0.4) is 0 Å². The number of amides is 1. The van der Waals surface area contributed by atoms with E-state index in [1.54, 1.807) is 37.1 Å². The first kappa shape index (κ1) is 21.4. The average Bonchev–Trinajstić information content (AvgIpc) is 3.37. The van der Waals surface area contributed by atoms with Crippen LogP contribution < -0.4 is 15.4 Å². The molecule has 2 heterocycles. The first-order chi connectivity index (χ1) is 15.4. The molecule has 0 saturated heterocycles. The van der Waals surface area contributed by atoms with Crippen molar-refractivity contribution in [1.82, 2.24) is 19.7 Å². The van der Waals surface area contributed by atoms with Crippen LogP contribution in [0.4, 0.5) is 21.6 Å². The normalized spacial score (nSPS) is 17.0. The second-order valence-electron chi connectivity index (χ2n) is 7.49. The molecule has 4 rings (SSSR count). The third-order valence-electron chi connectivity index (χ3n) is 5.16. The molecule has 2 N–H and O–H groups in total. The molecule has 1 fully saturated rings. The highest BCUT2D eigenvalue weighted by molar-refractivity contribution is 6.03. The number of para-hydroxylation sites is 1. The number of nitrogens with zero attached hydrogens (tertiary/aromatic N) is 4. The summed E-state index contributed by atoms with van der Waals surface area (Å²) in [4.78, 5) is 33.1. The second kappa shape index (κ2) is 8.74. The van der Waals surface area contributed by atoms with Crippen LogP contribution in [-0.2, 0) is 11.8 Å². The van der Waals surface area contributed by atoms with E-state index in [0.717, 1.165) is 0 Å². The first-order valence-electron chi connectivity index (χ1n) is 10.2. The summed E-state index contributed by atoms with van der Waals surface area (Å²) in [6, 6.07) is 7.00. The summed E-state index contributed by atoms with van der Waals surface area (Å²) >= 11 is 0. The van der Waals surface area contributed by atoms with E-state index in [2.05, 4.69) is 25.7 Å². The second-order valence-corrected chi connectivity index (χ2v) is 7.49. The standard InChI is InChI=1S/C22H23FN6O3/c1-4-18(30)14-10-24-19(27-22(31)13-8-15(13)23)9-17(14)26-16-7-5-6-12(20(16)32-3)21-25-11-29(2)28-21/h5-7,9-11,13,15H,4,8H2,1-3H3,(H2,24,26,27,31)/t13-,15+/m0/s1. The molecule has 0 spiro atoms. The van der Waals surface area contributed by atoms with Crippen LogP contribution in [0.2, 0.25) is 0 Å². The van der Waals surface area contributed by atoms with E-state index in [0.29, 0.717) is 34.1 Å². The molecule has 9 nitrogen and oxygen atoms in total. The lowest BCUT2D eigenvalue weighted by Crippen LogP contribution is -2.16. The van der Waals surface area contributed by atoms with Gasteiger partial charge in [-0.1, -0.05) is 13.0 Å². The Morgan fingerprint density at radius 3 is 2.69 bits per heavy atom. The molecule has 0 radical (unpaired) electrons. The van der Waals surface area contributed by atoms with Gasteiger partial charge in [-0.15, -0.1) is 0 Å². The van der Waals surface area contributed by atoms with Crippen molar-refractivity contribution in [3.8, 4) is 17.1 Å². The number of benzene rings is 1. The van der Waals surface area contributed by atoms with Gasteiger partial charge in [-0.05, 0) is 18.6 Å². The van der Waals surface area contributed by atoms with Crippen LogP contribution in [0.5, 0.6) is 5.75 Å². The Labute approximate surface area is 184 Å². The highest BCUT2D eigenvalue weighted by atomic mass is 19.1. The van der Waals surface area contributed by atoms with Gasteiger partial charge < -0.3 is 15.4 Å². The lowest BCUT2D eigenvalue weighted by molar-refractivity contribution is -0.117. The van der Waals surface area contributed by atoms with Gasteiger partial charge in [0.05, 0.1) is 35.5 Å². The predicted molar refractivity (Wildman–Crippen MR) is 117 cm³/mol. The maximum Gasteiger partial charge on any atom is 0.231 e. The zero-order valence-electron chi connectivity index (χ0n) is 17.9. The van der Waals surface area contributed by atoms with E-state index < -0.39 is 18.0 Å². The highest BCUT2D eigenvalue weighted by Crippen LogP contribution is 2.38. The smallest absolute Gasteiger partial charge is 0.231 e. The minimum atomic E-state index is -1.11. The van der Waals surface area contributed by atoms with Gasteiger partial charge in [0.2, 0.25) is 5.91 Å². The third-order valence-corrected chi connectivity index (χ3v) is 5.16. The maximum atomic E-state index is 13.2. The van der Waals surface area contributed by atoms with Gasteiger partial charge in [0.25, 0.3) is 0 Å². The summed E-state index contributed by atoms with van der Waals surface area (Å²) < 4.78 is 20.4. The van der Waals surface area contributed by atoms with Gasteiger partial charge in [-0.25, -0.2) is 14.4 Å². The van der Waals surface area contributed by atoms with E-state index in [-0.39, 0.29) is 24.4 Å². The third kappa shape index (κ3) is 4.29. The largest absolute Gasteiger partial charge is 0.494 e. The number of methoxy groups -OCH3 is 1. The molecular weight excluding hydrogens is 415 g/mol. The number of alkyl halides is 1. The molecule has 1 amide bonds. The number of aromatic nitrogens is 4. The Kier molecular flexibility index (Phi) is 5.85. The fourth-order valence-corrected chi connectivity index (χ4v) is 3.33. The topological polar surface area (TPSA) is 111 Å². The fourth-order valence-electron chi connectivity index (χ4n) is 3.33. The summed E-state index contributed by atoms with van der Waals surface area (Å²) in [6.07, 6.45) is 2.38. The molecule has 1 aromatic carbocycles. The molecule has 32 heavy (non-hydrogen) atoms. The van der Waals surface area contributed by atoms with Crippen molar-refractivity contribution in [3.63, 3.8) is 0 Å². The monoisotopic (exact) mass is 438 g/mol. The number of rotatable bonds is 8. The minimum absolute atomic E-state index is 0.120. The van der Waals surface area contributed by atoms with Gasteiger partial charge >= 0.3 is 0 Å². The van der Waals surface area contributed by atoms with Crippen LogP contribution in [-0.4, -0.2) is 44.7 Å². The van der Waals surface area contributed by atoms with Crippen LogP contribution in [0.15, 0.2) is 36.8 Å². The predicted octanol–water partition coefficient (Wildman–Crippen LogP) is 3.52. The molecule has 166 valence electrons. The van der Waals surface area contributed by atoms with Crippen LogP contribution in [0.25, 0.3) is 11.4 Å². The van der Waals surface area contributed by atoms with Gasteiger partial charge in [-0.2, -0.15) is 5.10 Å². The van der Waals surface area contributed by atoms with E-state index in [4.69, 9.17) is 4.74 Å². The fraction of sp³-hybridized carbons (Fsp3) is 0.318. The lowest BCUT2D eigenvalue weighted by Gasteiger charge is -2.16. The van der Waals surface area contributed by atoms with Crippen molar-refractivity contribution in [2.75, 3.05) is 17.7 Å². The summed E-state index contributed by atoms with van der Waals surface area (Å²) in [6.45, 7) is 1.75. The van der Waals surface area contributed by atoms with Crippen molar-refractivity contribution in [3.05, 3.63) is 42.4 Å². The van der Waals surface area contributed by atoms with E-state index in [9.17, 15) is 14.0 Å². The molecule has 1 saturated carbocycles. The van der Waals surface area contributed by atoms with Crippen molar-refractivity contribution in [1.29, 1.82) is 0 Å². The lowest BCUT2D eigenvalue weighted by atomic mass is 10.1. The molecule has 10 heteroatoms. The summed E-state index contributed by atoms with van der Waals surface area (Å²) in [5, 5.41) is 10.2. The van der Waals surface area contributed by atoms with E-state index in [1.165, 1.54) is 13.3 Å². The Balaban J connectivity index is 1.70. The number of hydrogen-bond acceptors (Lipinski definition) is 7. The van der Waals surface area contributed by atoms with Crippen LogP contribution >= 0.6 is 0 Å². The molecule has 2 aromatic heterocycles. The molecule has 1 aliphatic carbocycles. The molecule has 3 aromatic rings. The van der Waals surface area contributed by atoms with Crippen molar-refractivity contribution < 1.29 is 18.7 Å². The number of ether oxygens (including phenoxy) is 1. The molecule has 0 bridgehead atoms. The number of aryl methyl sites for hydroxylation is 1. The van der Waals surface area contributed by atoms with Gasteiger partial charge in [-0.3, -0.25) is 14.3 Å². The summed E-state index contributed by atoms with van der Waals surface area (Å²) in [5.41, 5.74) is 2.06. The number of nitrogens with one attached hydrogen (secondary N) is 2. The number of Topliss-reactive ketones (excluding diaryl/α,β-unsaturated/α-hetero) is 1. The van der Waals surface area contributed by atoms with Gasteiger partial charge in [0.15, 0.2) is 17.4 Å². The maximum absolute atomic E-state index is 13.2. The average molecular weight is 438 g/mol. The summed E-state index contributed by atoms with van der Waals surface area (Å²) in [5.74, 6) is 0.0234. The first-order valence-corrected chi connectivity index (χ1v) is 10.2. The highest BCUT2D eigenvalue weighted by Gasteiger charge is 2.43. The van der Waals surface area contributed by atoms with Crippen LogP contribution in [0.1, 0.15) is 30.1 Å². The Hall–Kier alpha value is -3.82. The summed E-state index contributed by atoms with van der Waals surface area (Å²) in [7, 11) is 3.31. The van der Waals surface area contributed by atoms with E-state index >= 15 is 0 Å². The minimum Gasteiger partial charge on any atom is -0.494 e. The molecule has 2 atom stereocenters. The van der Waals surface area contributed by atoms with Crippen molar-refractivity contribution in [2.24, 2.45) is 13.0 Å². The number of pyridine rings is 1. The van der Waals surface area contributed by atoms with Crippen molar-refractivity contribution in [2.45, 2.75) is 25.9 Å². The molecule has 0 unspecified atom stereocenters. The van der Waals surface area contributed by atoms with Crippen molar-refractivity contribution >= 4 is 28.9 Å².